The first-order chi connectivity index (χ1) is 28.9. The van der Waals surface area contributed by atoms with Gasteiger partial charge in [0.05, 0.1) is 25.4 Å². The topological polar surface area (TPSA) is 125 Å². The van der Waals surface area contributed by atoms with E-state index in [4.69, 9.17) is 14.1 Å². The molecule has 2 aromatic rings. The van der Waals surface area contributed by atoms with E-state index in [0.29, 0.717) is 35.5 Å². The van der Waals surface area contributed by atoms with Crippen LogP contribution in [-0.4, -0.2) is 59.6 Å². The fraction of sp³-hybridized carbons (Fsp3) is 0.620. The van der Waals surface area contributed by atoms with Crippen molar-refractivity contribution in [2.75, 3.05) is 31.2 Å². The molecule has 1 amide bonds. The molecule has 9 heteroatoms. The number of aromatic nitrogens is 1. The van der Waals surface area contributed by atoms with Crippen molar-refractivity contribution < 1.29 is 24.2 Å². The van der Waals surface area contributed by atoms with E-state index in [1.807, 2.05) is 36.4 Å². The smallest absolute Gasteiger partial charge is 0.220 e. The summed E-state index contributed by atoms with van der Waals surface area (Å²) in [6.07, 6.45) is 28.2. The van der Waals surface area contributed by atoms with E-state index in [9.17, 15) is 19.8 Å². The second-order valence-corrected chi connectivity index (χ2v) is 16.3. The maximum absolute atomic E-state index is 13.0. The number of carbonyl (C=O) groups is 1. The quantitative estimate of drug-likeness (QED) is 0.0193. The predicted octanol–water partition coefficient (Wildman–Crippen LogP) is 11.7. The first-order valence-corrected chi connectivity index (χ1v) is 23.3. The van der Waals surface area contributed by atoms with Crippen molar-refractivity contribution in [3.63, 3.8) is 0 Å². The molecule has 0 aromatic heterocycles. The normalized spacial score (nSPS) is 12.8. The zero-order valence-electron chi connectivity index (χ0n) is 36.7. The van der Waals surface area contributed by atoms with Crippen molar-refractivity contribution in [2.45, 2.75) is 174 Å². The number of hydrogen-bond acceptors (Lipinski definition) is 8. The Bertz CT molecular complexity index is 1830. The van der Waals surface area contributed by atoms with Crippen LogP contribution in [0.25, 0.3) is 33.3 Å². The van der Waals surface area contributed by atoms with Gasteiger partial charge in [0.25, 0.3) is 0 Å². The highest BCUT2D eigenvalue weighted by atomic mass is 16.5. The Morgan fingerprint density at radius 2 is 1.41 bits per heavy atom. The molecule has 1 aliphatic heterocycles. The van der Waals surface area contributed by atoms with Gasteiger partial charge in [-0.25, -0.2) is 4.98 Å². The Morgan fingerprint density at radius 1 is 0.780 bits per heavy atom. The largest absolute Gasteiger partial charge is 0.494 e. The number of unbranched alkanes of at least 4 members (excludes halogenated alkanes) is 19. The molecule has 3 N–H and O–H groups in total. The molecule has 0 bridgehead atoms. The van der Waals surface area contributed by atoms with Gasteiger partial charge in [-0.15, -0.1) is 0 Å². The Labute approximate surface area is 354 Å². The summed E-state index contributed by atoms with van der Waals surface area (Å²) in [7, 11) is 0. The highest BCUT2D eigenvalue weighted by Gasteiger charge is 2.19. The zero-order chi connectivity index (χ0) is 42.1. The number of nitrogens with one attached hydrogen (secondary N) is 1. The molecule has 0 spiro atoms. The molecule has 0 saturated heterocycles. The van der Waals surface area contributed by atoms with Gasteiger partial charge in [-0.1, -0.05) is 128 Å². The average Bonchev–Trinajstić information content (AvgIpc) is 3.24. The van der Waals surface area contributed by atoms with E-state index < -0.39 is 12.1 Å². The van der Waals surface area contributed by atoms with Crippen LogP contribution >= 0.6 is 0 Å². The molecular weight excluding hydrogens is 739 g/mol. The van der Waals surface area contributed by atoms with E-state index in [0.717, 1.165) is 106 Å². The van der Waals surface area contributed by atoms with E-state index >= 15 is 0 Å². The Hall–Kier alpha value is -3.95. The minimum absolute atomic E-state index is 0.0940. The maximum atomic E-state index is 13.0. The molecule has 59 heavy (non-hydrogen) atoms. The minimum Gasteiger partial charge on any atom is -0.494 e. The lowest BCUT2D eigenvalue weighted by Crippen LogP contribution is -2.45. The molecule has 0 radical (unpaired) electrons. The van der Waals surface area contributed by atoms with Gasteiger partial charge in [0, 0.05) is 48.1 Å². The van der Waals surface area contributed by atoms with E-state index in [2.05, 4.69) is 37.1 Å². The maximum Gasteiger partial charge on any atom is 0.220 e. The molecule has 1 heterocycles. The van der Waals surface area contributed by atoms with Gasteiger partial charge in [-0.2, -0.15) is 0 Å². The van der Waals surface area contributed by atoms with Gasteiger partial charge in [-0.05, 0) is 69.9 Å². The van der Waals surface area contributed by atoms with Crippen molar-refractivity contribution >= 4 is 33.5 Å². The molecule has 0 saturated carbocycles. The summed E-state index contributed by atoms with van der Waals surface area (Å²) in [6, 6.07) is 12.5. The molecule has 326 valence electrons. The number of nitrogens with zero attached hydrogens (tertiary/aromatic N) is 2. The summed E-state index contributed by atoms with van der Waals surface area (Å²) in [5.41, 5.74) is 3.04. The summed E-state index contributed by atoms with van der Waals surface area (Å²) in [5.74, 6) is 1.10. The first kappa shape index (κ1) is 47.7. The van der Waals surface area contributed by atoms with Crippen LogP contribution in [0.2, 0.25) is 0 Å². The number of benzene rings is 3. The van der Waals surface area contributed by atoms with Crippen molar-refractivity contribution in [1.82, 2.24) is 10.3 Å². The molecule has 2 aromatic carbocycles. The lowest BCUT2D eigenvalue weighted by atomic mass is 10.0. The van der Waals surface area contributed by atoms with Crippen LogP contribution in [0.15, 0.2) is 63.8 Å². The molecule has 0 unspecified atom stereocenters. The van der Waals surface area contributed by atoms with E-state index in [1.54, 1.807) is 6.08 Å². The number of amides is 1. The van der Waals surface area contributed by atoms with Crippen molar-refractivity contribution in [3.05, 3.63) is 64.8 Å². The first-order valence-electron chi connectivity index (χ1n) is 23.3. The Morgan fingerprint density at radius 3 is 2.05 bits per heavy atom. The SMILES string of the molecule is CCCCCCCCCCCCCCCC(=O)N[C@@H](CO)[C@H](O)/C=C/CCCCCCCCCOc1ccc2c(=O)cc3oc4cc(N(CC)CC)ccc4nc-3c2c1. The fourth-order valence-electron chi connectivity index (χ4n) is 7.95. The number of anilines is 1. The second kappa shape index (κ2) is 27.7. The third-order valence-corrected chi connectivity index (χ3v) is 11.6. The summed E-state index contributed by atoms with van der Waals surface area (Å²) in [5, 5.41) is 24.5. The molecule has 1 aliphatic carbocycles. The number of aliphatic hydroxyl groups is 2. The minimum atomic E-state index is -0.894. The molecular formula is C50H75N3O6. The summed E-state index contributed by atoms with van der Waals surface area (Å²) >= 11 is 0. The number of rotatable bonds is 32. The third kappa shape index (κ3) is 16.6. The van der Waals surface area contributed by atoms with E-state index in [-0.39, 0.29) is 17.9 Å². The lowest BCUT2D eigenvalue weighted by molar-refractivity contribution is -0.123. The van der Waals surface area contributed by atoms with Crippen LogP contribution in [0, 0.1) is 0 Å². The number of aliphatic hydroxyl groups excluding tert-OH is 2. The summed E-state index contributed by atoms with van der Waals surface area (Å²) < 4.78 is 12.3. The number of hydrogen-bond donors (Lipinski definition) is 3. The van der Waals surface area contributed by atoms with Gasteiger partial charge < -0.3 is 29.6 Å². The van der Waals surface area contributed by atoms with Crippen molar-refractivity contribution in [3.8, 4) is 17.2 Å². The van der Waals surface area contributed by atoms with Crippen LogP contribution in [-0.2, 0) is 4.79 Å². The van der Waals surface area contributed by atoms with Crippen LogP contribution in [0.5, 0.6) is 5.75 Å². The Balaban J connectivity index is 1.04. The predicted molar refractivity (Wildman–Crippen MR) is 245 cm³/mol. The van der Waals surface area contributed by atoms with Crippen LogP contribution in [0.3, 0.4) is 0 Å². The second-order valence-electron chi connectivity index (χ2n) is 16.3. The monoisotopic (exact) mass is 814 g/mol. The molecule has 0 fully saturated rings. The molecule has 4 rings (SSSR count). The van der Waals surface area contributed by atoms with Gasteiger partial charge in [0.15, 0.2) is 16.8 Å². The summed E-state index contributed by atoms with van der Waals surface area (Å²) in [6.45, 7) is 8.62. The van der Waals surface area contributed by atoms with Gasteiger partial charge >= 0.3 is 0 Å². The molecule has 2 atom stereocenters. The number of fused-ring (bicyclic) bond motifs is 4. The average molecular weight is 814 g/mol. The number of ether oxygens (including phenoxy) is 1. The summed E-state index contributed by atoms with van der Waals surface area (Å²) in [4.78, 5) is 32.6. The lowest BCUT2D eigenvalue weighted by Gasteiger charge is -2.21. The third-order valence-electron chi connectivity index (χ3n) is 11.6. The molecule has 2 aliphatic rings. The highest BCUT2D eigenvalue weighted by Crippen LogP contribution is 2.33. The van der Waals surface area contributed by atoms with Gasteiger partial charge in [-0.3, -0.25) is 9.59 Å². The number of allylic oxidation sites excluding steroid dienone is 1. The number of carbonyl (C=O) groups excluding carboxylic acids is 1. The standard InChI is InChI=1S/C50H75N3O6/c1-4-7-8-9-10-11-12-13-14-17-20-23-26-29-49(57)51-44(38-54)45(55)28-25-22-19-16-15-18-21-24-27-34-58-40-31-32-41-42(36-40)50-48(37-46(41)56)59-47-35-39(53(5-2)6-3)30-33-43(47)52-50/h25,28,30-33,35-37,44-45,54-55H,4-24,26-27,29,34,38H2,1-3H3,(H,51,57)/b28-25+/t44-,45+/m0/s1. The van der Waals surface area contributed by atoms with Crippen LogP contribution < -0.4 is 20.4 Å². The fourth-order valence-corrected chi connectivity index (χ4v) is 7.95. The van der Waals surface area contributed by atoms with Gasteiger partial charge in [0.1, 0.15) is 17.0 Å². The highest BCUT2D eigenvalue weighted by molar-refractivity contribution is 5.97. The van der Waals surface area contributed by atoms with Crippen molar-refractivity contribution in [1.29, 1.82) is 0 Å². The van der Waals surface area contributed by atoms with E-state index in [1.165, 1.54) is 70.3 Å². The van der Waals surface area contributed by atoms with Crippen LogP contribution in [0.4, 0.5) is 5.69 Å². The zero-order valence-corrected chi connectivity index (χ0v) is 36.7. The van der Waals surface area contributed by atoms with Crippen molar-refractivity contribution in [2.24, 2.45) is 0 Å². The van der Waals surface area contributed by atoms with Gasteiger partial charge in [0.2, 0.25) is 5.91 Å². The Kier molecular flexibility index (Phi) is 22.4. The van der Waals surface area contributed by atoms with Crippen LogP contribution in [0.1, 0.15) is 162 Å². The molecule has 9 nitrogen and oxygen atoms in total.